The van der Waals surface area contributed by atoms with Crippen molar-refractivity contribution in [3.63, 3.8) is 0 Å². The molecular weight excluding hydrogens is 455 g/mol. The van der Waals surface area contributed by atoms with Gasteiger partial charge in [0.25, 0.3) is 0 Å². The second kappa shape index (κ2) is 9.99. The summed E-state index contributed by atoms with van der Waals surface area (Å²) in [6, 6.07) is 4.52. The Morgan fingerprint density at radius 3 is 1.97 bits per heavy atom. The molecule has 1 fully saturated rings. The second-order valence-corrected chi connectivity index (χ2v) is 8.36. The molecule has 0 bridgehead atoms. The van der Waals surface area contributed by atoms with E-state index in [4.69, 9.17) is 18.9 Å². The smallest absolute Gasteiger partial charge is 0.434 e. The minimum atomic E-state index is -4.52. The van der Waals surface area contributed by atoms with Crippen LogP contribution in [0.25, 0.3) is 0 Å². The molecule has 1 aromatic carbocycles. The zero-order valence-electron chi connectivity index (χ0n) is 19.7. The van der Waals surface area contributed by atoms with Crippen LogP contribution in [0.15, 0.2) is 47.2 Å². The maximum absolute atomic E-state index is 13.1. The fourth-order valence-electron chi connectivity index (χ4n) is 3.88. The highest BCUT2D eigenvalue weighted by atomic mass is 19.4. The van der Waals surface area contributed by atoms with Crippen molar-refractivity contribution in [1.82, 2.24) is 4.90 Å². The molecular formula is C24H28F3NO6. The molecule has 0 radical (unpaired) electrons. The lowest BCUT2D eigenvalue weighted by molar-refractivity contribution is -0.137. The lowest BCUT2D eigenvalue weighted by Crippen LogP contribution is -2.34. The Kier molecular flexibility index (Phi) is 7.48. The van der Waals surface area contributed by atoms with E-state index in [1.54, 1.807) is 34.6 Å². The first-order chi connectivity index (χ1) is 15.9. The average Bonchev–Trinajstić information content (AvgIpc) is 3.56. The van der Waals surface area contributed by atoms with Gasteiger partial charge in [-0.15, -0.1) is 0 Å². The number of alkyl halides is 3. The van der Waals surface area contributed by atoms with Crippen molar-refractivity contribution < 1.29 is 41.7 Å². The number of rotatable bonds is 6. The van der Waals surface area contributed by atoms with E-state index in [0.29, 0.717) is 17.0 Å². The molecule has 1 aromatic rings. The third-order valence-electron chi connectivity index (χ3n) is 5.42. The van der Waals surface area contributed by atoms with E-state index in [1.807, 2.05) is 4.90 Å². The predicted octanol–water partition coefficient (Wildman–Crippen LogP) is 6.46. The summed E-state index contributed by atoms with van der Waals surface area (Å²) in [7, 11) is 0. The van der Waals surface area contributed by atoms with E-state index >= 15 is 0 Å². The standard InChI is InChI=1S/C24H28F3NO6/c1-6-31-22(29)33-20-14(4)28(18-11-12-18)15(5)21(34-23(30)32-13(2)3)19(20)16-7-9-17(10-8-16)24(25,26)27/h7-10,13,18-19H,6,11-12H2,1-5H3. The van der Waals surface area contributed by atoms with Crippen LogP contribution in [0.2, 0.25) is 0 Å². The third kappa shape index (κ3) is 5.66. The zero-order valence-corrected chi connectivity index (χ0v) is 19.7. The van der Waals surface area contributed by atoms with E-state index in [2.05, 4.69) is 0 Å². The fourth-order valence-corrected chi connectivity index (χ4v) is 3.88. The molecule has 0 spiro atoms. The van der Waals surface area contributed by atoms with E-state index in [1.165, 1.54) is 12.1 Å². The molecule has 1 heterocycles. The molecule has 0 amide bonds. The Morgan fingerprint density at radius 2 is 1.53 bits per heavy atom. The summed E-state index contributed by atoms with van der Waals surface area (Å²) in [6.07, 6.45) is -5.13. The number of allylic oxidation sites excluding steroid dienone is 2. The molecule has 1 unspecified atom stereocenters. The van der Waals surface area contributed by atoms with Crippen molar-refractivity contribution in [3.8, 4) is 0 Å². The number of nitrogens with zero attached hydrogens (tertiary/aromatic N) is 1. The van der Waals surface area contributed by atoms with E-state index < -0.39 is 36.1 Å². The molecule has 0 saturated heterocycles. The van der Waals surface area contributed by atoms with Crippen LogP contribution in [-0.2, 0) is 25.1 Å². The quantitative estimate of drug-likeness (QED) is 0.430. The minimum absolute atomic E-state index is 0.0708. The zero-order chi connectivity index (χ0) is 25.2. The maximum Gasteiger partial charge on any atom is 0.513 e. The summed E-state index contributed by atoms with van der Waals surface area (Å²) in [4.78, 5) is 26.6. The highest BCUT2D eigenvalue weighted by molar-refractivity contribution is 5.65. The van der Waals surface area contributed by atoms with Crippen LogP contribution < -0.4 is 0 Å². The number of carbonyl (C=O) groups is 2. The van der Waals surface area contributed by atoms with Gasteiger partial charge < -0.3 is 23.8 Å². The van der Waals surface area contributed by atoms with Gasteiger partial charge in [-0.3, -0.25) is 0 Å². The monoisotopic (exact) mass is 483 g/mol. The highest BCUT2D eigenvalue weighted by Gasteiger charge is 2.43. The maximum atomic E-state index is 13.1. The number of benzene rings is 1. The number of ether oxygens (including phenoxy) is 4. The molecule has 1 aliphatic heterocycles. The van der Waals surface area contributed by atoms with Crippen LogP contribution in [-0.4, -0.2) is 36.0 Å². The first-order valence-electron chi connectivity index (χ1n) is 11.0. The largest absolute Gasteiger partial charge is 0.513 e. The van der Waals surface area contributed by atoms with Crippen molar-refractivity contribution in [2.75, 3.05) is 6.61 Å². The van der Waals surface area contributed by atoms with Gasteiger partial charge in [0.2, 0.25) is 0 Å². The number of hydrogen-bond acceptors (Lipinski definition) is 7. The Balaban J connectivity index is 2.11. The van der Waals surface area contributed by atoms with Crippen molar-refractivity contribution in [1.29, 1.82) is 0 Å². The van der Waals surface area contributed by atoms with E-state index in [-0.39, 0.29) is 24.2 Å². The second-order valence-electron chi connectivity index (χ2n) is 8.36. The molecule has 0 N–H and O–H groups in total. The Morgan fingerprint density at radius 1 is 1.00 bits per heavy atom. The lowest BCUT2D eigenvalue weighted by Gasteiger charge is -2.37. The highest BCUT2D eigenvalue weighted by Crippen LogP contribution is 2.47. The lowest BCUT2D eigenvalue weighted by atomic mass is 9.89. The minimum Gasteiger partial charge on any atom is -0.434 e. The third-order valence-corrected chi connectivity index (χ3v) is 5.42. The van der Waals surface area contributed by atoms with Crippen LogP contribution in [0, 0.1) is 0 Å². The molecule has 1 aliphatic carbocycles. The van der Waals surface area contributed by atoms with Crippen LogP contribution in [0.3, 0.4) is 0 Å². The van der Waals surface area contributed by atoms with Gasteiger partial charge in [-0.1, -0.05) is 12.1 Å². The van der Waals surface area contributed by atoms with Crippen LogP contribution in [0.1, 0.15) is 64.5 Å². The first kappa shape index (κ1) is 25.5. The normalized spacial score (nSPS) is 18.9. The number of carbonyl (C=O) groups excluding carboxylic acids is 2. The van der Waals surface area contributed by atoms with Crippen LogP contribution in [0.5, 0.6) is 0 Å². The average molecular weight is 483 g/mol. The molecule has 34 heavy (non-hydrogen) atoms. The van der Waals surface area contributed by atoms with Gasteiger partial charge >= 0.3 is 18.5 Å². The van der Waals surface area contributed by atoms with Gasteiger partial charge in [-0.05, 0) is 65.2 Å². The van der Waals surface area contributed by atoms with Crippen molar-refractivity contribution in [2.24, 2.45) is 0 Å². The van der Waals surface area contributed by atoms with Gasteiger partial charge in [0, 0.05) is 6.04 Å². The van der Waals surface area contributed by atoms with Crippen molar-refractivity contribution in [2.45, 2.75) is 71.7 Å². The first-order valence-corrected chi connectivity index (χ1v) is 11.0. The molecule has 3 rings (SSSR count). The van der Waals surface area contributed by atoms with Crippen molar-refractivity contribution in [3.05, 3.63) is 58.3 Å². The number of hydrogen-bond donors (Lipinski definition) is 0. The van der Waals surface area contributed by atoms with Gasteiger partial charge in [0.15, 0.2) is 0 Å². The molecule has 0 aromatic heterocycles. The Bertz CT molecular complexity index is 993. The molecule has 186 valence electrons. The molecule has 2 aliphatic rings. The van der Waals surface area contributed by atoms with Gasteiger partial charge in [0.1, 0.15) is 17.4 Å². The van der Waals surface area contributed by atoms with Crippen LogP contribution >= 0.6 is 0 Å². The predicted molar refractivity (Wildman–Crippen MR) is 115 cm³/mol. The fraction of sp³-hybridized carbons (Fsp3) is 0.500. The van der Waals surface area contributed by atoms with Crippen molar-refractivity contribution >= 4 is 12.3 Å². The summed E-state index contributed by atoms with van der Waals surface area (Å²) in [5.74, 6) is -0.744. The van der Waals surface area contributed by atoms with E-state index in [0.717, 1.165) is 25.0 Å². The molecule has 1 atom stereocenters. The molecule has 1 saturated carbocycles. The summed E-state index contributed by atoms with van der Waals surface area (Å²) in [5, 5.41) is 0. The van der Waals surface area contributed by atoms with Gasteiger partial charge in [-0.25, -0.2) is 9.59 Å². The van der Waals surface area contributed by atoms with Gasteiger partial charge in [0.05, 0.1) is 29.7 Å². The number of halogens is 3. The molecule has 7 nitrogen and oxygen atoms in total. The SMILES string of the molecule is CCOC(=O)OC1=C(C)N(C2CC2)C(C)=C(OC(=O)OC(C)C)C1c1ccc(C(F)(F)F)cc1. The topological polar surface area (TPSA) is 74.3 Å². The van der Waals surface area contributed by atoms with Gasteiger partial charge in [-0.2, -0.15) is 13.2 Å². The molecule has 10 heteroatoms. The van der Waals surface area contributed by atoms with Crippen LogP contribution in [0.4, 0.5) is 22.8 Å². The summed E-state index contributed by atoms with van der Waals surface area (Å²) < 4.78 is 60.6. The summed E-state index contributed by atoms with van der Waals surface area (Å²) in [6.45, 7) is 8.50. The Hall–Kier alpha value is -3.17. The Labute approximate surface area is 196 Å². The van der Waals surface area contributed by atoms with E-state index in [9.17, 15) is 22.8 Å². The summed E-state index contributed by atoms with van der Waals surface area (Å²) in [5.41, 5.74) is 0.681. The summed E-state index contributed by atoms with van der Waals surface area (Å²) >= 11 is 0.